The number of hydrogen-bond donors (Lipinski definition) is 0. The molecule has 0 aliphatic carbocycles. The quantitative estimate of drug-likeness (QED) is 0.803. The third kappa shape index (κ3) is 2.88. The normalized spacial score (nSPS) is 14.8. The second kappa shape index (κ2) is 6.04. The number of carbonyl (C=O) groups excluding carboxylic acids is 1. The van der Waals surface area contributed by atoms with Crippen LogP contribution < -0.4 is 5.69 Å². The Balaban J connectivity index is 2.18. The van der Waals surface area contributed by atoms with Crippen LogP contribution in [0, 0.1) is 0 Å². The van der Waals surface area contributed by atoms with Gasteiger partial charge in [0.25, 0.3) is 0 Å². The van der Waals surface area contributed by atoms with Gasteiger partial charge in [-0.3, -0.25) is 9.36 Å². The highest BCUT2D eigenvalue weighted by molar-refractivity contribution is 5.75. The summed E-state index contributed by atoms with van der Waals surface area (Å²) in [6.45, 7) is 5.99. The van der Waals surface area contributed by atoms with Crippen LogP contribution in [0.25, 0.3) is 0 Å². The highest BCUT2D eigenvalue weighted by Gasteiger charge is 2.18. The molecular formula is C13H22N4O2. The van der Waals surface area contributed by atoms with Gasteiger partial charge in [0.2, 0.25) is 5.91 Å². The lowest BCUT2D eigenvalue weighted by atomic mass is 10.2. The molecule has 0 saturated heterocycles. The van der Waals surface area contributed by atoms with Gasteiger partial charge in [-0.1, -0.05) is 6.42 Å². The van der Waals surface area contributed by atoms with E-state index in [1.807, 2.05) is 13.8 Å². The molecule has 1 amide bonds. The SMILES string of the molecule is CCN(CC)C(=O)Cn1nc2n(c1=O)CCCCC2. The Bertz CT molecular complexity index is 499. The first-order valence-electron chi connectivity index (χ1n) is 7.11. The Morgan fingerprint density at radius 2 is 2.00 bits per heavy atom. The van der Waals surface area contributed by atoms with Gasteiger partial charge in [0, 0.05) is 26.1 Å². The highest BCUT2D eigenvalue weighted by Crippen LogP contribution is 2.10. The molecule has 2 heterocycles. The van der Waals surface area contributed by atoms with E-state index in [1.54, 1.807) is 9.47 Å². The molecule has 1 aliphatic heterocycles. The number of fused-ring (bicyclic) bond motifs is 1. The zero-order chi connectivity index (χ0) is 13.8. The summed E-state index contributed by atoms with van der Waals surface area (Å²) in [7, 11) is 0. The number of carbonyl (C=O) groups is 1. The van der Waals surface area contributed by atoms with Crippen molar-refractivity contribution in [2.75, 3.05) is 13.1 Å². The number of aromatic nitrogens is 3. The van der Waals surface area contributed by atoms with Crippen LogP contribution >= 0.6 is 0 Å². The van der Waals surface area contributed by atoms with Gasteiger partial charge >= 0.3 is 5.69 Å². The second-order valence-corrected chi connectivity index (χ2v) is 4.88. The van der Waals surface area contributed by atoms with Crippen molar-refractivity contribution in [3.63, 3.8) is 0 Å². The monoisotopic (exact) mass is 266 g/mol. The van der Waals surface area contributed by atoms with Gasteiger partial charge in [0.15, 0.2) is 0 Å². The van der Waals surface area contributed by atoms with Crippen molar-refractivity contribution in [1.29, 1.82) is 0 Å². The Morgan fingerprint density at radius 3 is 2.68 bits per heavy atom. The molecule has 0 atom stereocenters. The molecule has 0 N–H and O–H groups in total. The van der Waals surface area contributed by atoms with E-state index in [9.17, 15) is 9.59 Å². The summed E-state index contributed by atoms with van der Waals surface area (Å²) in [5.41, 5.74) is -0.141. The van der Waals surface area contributed by atoms with E-state index in [1.165, 1.54) is 4.68 Å². The van der Waals surface area contributed by atoms with Crippen LogP contribution in [0.15, 0.2) is 4.79 Å². The van der Waals surface area contributed by atoms with Crippen LogP contribution in [0.1, 0.15) is 38.9 Å². The number of likely N-dealkylation sites (N-methyl/N-ethyl adjacent to an activating group) is 1. The molecule has 0 radical (unpaired) electrons. The molecule has 6 nitrogen and oxygen atoms in total. The van der Waals surface area contributed by atoms with E-state index in [4.69, 9.17) is 0 Å². The van der Waals surface area contributed by atoms with E-state index >= 15 is 0 Å². The molecule has 0 bridgehead atoms. The number of hydrogen-bond acceptors (Lipinski definition) is 3. The molecule has 1 aliphatic rings. The van der Waals surface area contributed by atoms with Gasteiger partial charge in [-0.15, -0.1) is 0 Å². The molecule has 1 aromatic heterocycles. The van der Waals surface area contributed by atoms with Crippen molar-refractivity contribution in [2.24, 2.45) is 0 Å². The minimum Gasteiger partial charge on any atom is -0.342 e. The maximum Gasteiger partial charge on any atom is 0.346 e. The number of rotatable bonds is 4. The molecule has 106 valence electrons. The second-order valence-electron chi connectivity index (χ2n) is 4.88. The van der Waals surface area contributed by atoms with E-state index in [0.717, 1.165) is 38.1 Å². The van der Waals surface area contributed by atoms with Crippen molar-refractivity contribution in [3.05, 3.63) is 16.3 Å². The summed E-state index contributed by atoms with van der Waals surface area (Å²) >= 11 is 0. The summed E-state index contributed by atoms with van der Waals surface area (Å²) in [5, 5.41) is 4.32. The van der Waals surface area contributed by atoms with Gasteiger partial charge in [-0.05, 0) is 26.7 Å². The molecule has 19 heavy (non-hydrogen) atoms. The summed E-state index contributed by atoms with van der Waals surface area (Å²) in [5.74, 6) is 0.787. The number of aryl methyl sites for hydroxylation is 1. The maximum atomic E-state index is 12.2. The summed E-state index contributed by atoms with van der Waals surface area (Å²) < 4.78 is 3.05. The van der Waals surface area contributed by atoms with Crippen molar-refractivity contribution in [1.82, 2.24) is 19.2 Å². The number of amides is 1. The first-order valence-corrected chi connectivity index (χ1v) is 7.11. The molecule has 6 heteroatoms. The first kappa shape index (κ1) is 13.8. The Labute approximate surface area is 113 Å². The van der Waals surface area contributed by atoms with Crippen LogP contribution in [-0.2, 0) is 24.3 Å². The van der Waals surface area contributed by atoms with Crippen molar-refractivity contribution < 1.29 is 4.79 Å². The third-order valence-electron chi connectivity index (χ3n) is 3.68. The standard InChI is InChI=1S/C13H22N4O2/c1-3-15(4-2)12(18)10-17-13(19)16-9-7-5-6-8-11(16)14-17/h3-10H2,1-2H3. The van der Waals surface area contributed by atoms with Crippen LogP contribution in [0.4, 0.5) is 0 Å². The van der Waals surface area contributed by atoms with E-state index in [-0.39, 0.29) is 18.1 Å². The van der Waals surface area contributed by atoms with Crippen molar-refractivity contribution in [3.8, 4) is 0 Å². The summed E-state index contributed by atoms with van der Waals surface area (Å²) in [4.78, 5) is 25.9. The van der Waals surface area contributed by atoms with Gasteiger partial charge < -0.3 is 4.90 Å². The predicted molar refractivity (Wildman–Crippen MR) is 72.0 cm³/mol. The fourth-order valence-electron chi connectivity index (χ4n) is 2.53. The largest absolute Gasteiger partial charge is 0.346 e. The lowest BCUT2D eigenvalue weighted by Gasteiger charge is -2.17. The van der Waals surface area contributed by atoms with E-state index in [2.05, 4.69) is 5.10 Å². The molecule has 0 spiro atoms. The molecule has 0 unspecified atom stereocenters. The Hall–Kier alpha value is -1.59. The zero-order valence-corrected chi connectivity index (χ0v) is 11.8. The smallest absolute Gasteiger partial charge is 0.342 e. The van der Waals surface area contributed by atoms with Crippen LogP contribution in [0.2, 0.25) is 0 Å². The fourth-order valence-corrected chi connectivity index (χ4v) is 2.53. The minimum absolute atomic E-state index is 0.0413. The lowest BCUT2D eigenvalue weighted by molar-refractivity contribution is -0.131. The number of nitrogens with zero attached hydrogens (tertiary/aromatic N) is 4. The fraction of sp³-hybridized carbons (Fsp3) is 0.769. The topological polar surface area (TPSA) is 60.1 Å². The summed E-state index contributed by atoms with van der Waals surface area (Å²) in [6, 6.07) is 0. The highest BCUT2D eigenvalue weighted by atomic mass is 16.2. The maximum absolute atomic E-state index is 12.2. The molecule has 1 aromatic rings. The lowest BCUT2D eigenvalue weighted by Crippen LogP contribution is -2.37. The van der Waals surface area contributed by atoms with Crippen molar-refractivity contribution in [2.45, 2.75) is 52.6 Å². The molecule has 0 fully saturated rings. The zero-order valence-electron chi connectivity index (χ0n) is 11.8. The van der Waals surface area contributed by atoms with E-state index in [0.29, 0.717) is 13.1 Å². The third-order valence-corrected chi connectivity index (χ3v) is 3.68. The summed E-state index contributed by atoms with van der Waals surface area (Å²) in [6.07, 6.45) is 4.06. The molecular weight excluding hydrogens is 244 g/mol. The Morgan fingerprint density at radius 1 is 1.26 bits per heavy atom. The molecule has 2 rings (SSSR count). The van der Waals surface area contributed by atoms with Gasteiger partial charge in [0.05, 0.1) is 0 Å². The average Bonchev–Trinajstić information content (AvgIpc) is 2.58. The Kier molecular flexibility index (Phi) is 4.39. The van der Waals surface area contributed by atoms with Crippen LogP contribution in [0.5, 0.6) is 0 Å². The van der Waals surface area contributed by atoms with Gasteiger partial charge in [-0.2, -0.15) is 5.10 Å². The van der Waals surface area contributed by atoms with Crippen LogP contribution in [0.3, 0.4) is 0 Å². The van der Waals surface area contributed by atoms with Gasteiger partial charge in [0.1, 0.15) is 12.4 Å². The molecule has 0 aromatic carbocycles. The van der Waals surface area contributed by atoms with E-state index < -0.39 is 0 Å². The van der Waals surface area contributed by atoms with Gasteiger partial charge in [-0.25, -0.2) is 9.48 Å². The minimum atomic E-state index is -0.141. The molecule has 0 saturated carbocycles. The van der Waals surface area contributed by atoms with Crippen LogP contribution in [-0.4, -0.2) is 38.2 Å². The first-order chi connectivity index (χ1) is 9.17. The predicted octanol–water partition coefficient (Wildman–Crippen LogP) is 0.640. The van der Waals surface area contributed by atoms with Crippen molar-refractivity contribution >= 4 is 5.91 Å². The average molecular weight is 266 g/mol.